The zero-order valence-electron chi connectivity index (χ0n) is 54.1. The van der Waals surface area contributed by atoms with Gasteiger partial charge in [0.1, 0.15) is 43.0 Å². The monoisotopic (exact) mass is 1290 g/mol. The van der Waals surface area contributed by atoms with Crippen LogP contribution in [0.3, 0.4) is 0 Å². The quantitative estimate of drug-likeness (QED) is 0.0523. The van der Waals surface area contributed by atoms with Crippen molar-refractivity contribution in [1.29, 1.82) is 0 Å². The Kier molecular flexibility index (Phi) is 25.2. The Balaban J connectivity index is 0.000000289. The molecule has 2 fully saturated rings. The number of esters is 3. The number of carbonyl (C=O) groups excluding carboxylic acids is 7. The van der Waals surface area contributed by atoms with Crippen molar-refractivity contribution in [2.45, 2.75) is 168 Å². The summed E-state index contributed by atoms with van der Waals surface area (Å²) in [5, 5.41) is 10.5. The molecule has 4 aromatic rings. The molecule has 0 spiro atoms. The van der Waals surface area contributed by atoms with Crippen LogP contribution in [0.1, 0.15) is 150 Å². The van der Waals surface area contributed by atoms with Crippen LogP contribution in [0.4, 0.5) is 0 Å². The SMILES string of the molecule is CC(=O)O[C@H](C)c1ccc2ccc(/C=C/C(C)(C)CN(C)[C@H](C(=O)N[C@@H](C)C(=O)N3CCC[C@@H](C(=O)OCC(Cl)(Cl)Cl)N3)C(C)C)cc2n1.CC(C)[C@H]1C(=O)N[C@@H](C)C(=O)N2CCC[C@H](N2)C(=O)O[C@H](C)c2ccc3ccc(cc3n2)/C=C/C(C)(C)CN1C. The Bertz CT molecular complexity index is 3240. The molecule has 4 N–H and O–H groups in total. The maximum atomic E-state index is 13.6. The Hall–Kier alpha value is -6.26. The third kappa shape index (κ3) is 20.9. The van der Waals surface area contributed by atoms with Gasteiger partial charge in [-0.05, 0) is 126 Å². The Morgan fingerprint density at radius 1 is 0.888 bits per heavy atom. The molecule has 23 heteroatoms. The predicted molar refractivity (Wildman–Crippen MR) is 349 cm³/mol. The molecular weight excluding hydrogens is 1200 g/mol. The normalized spacial score (nSPS) is 22.3. The summed E-state index contributed by atoms with van der Waals surface area (Å²) >= 11 is 17.0. The summed E-state index contributed by atoms with van der Waals surface area (Å²) in [7, 11) is 3.85. The summed E-state index contributed by atoms with van der Waals surface area (Å²) in [5.74, 6) is -2.57. The number of halogens is 3. The van der Waals surface area contributed by atoms with Crippen LogP contribution in [-0.2, 0) is 47.8 Å². The number of carbonyl (C=O) groups is 7. The molecule has 2 saturated heterocycles. The second-order valence-corrected chi connectivity index (χ2v) is 28.4. The first kappa shape index (κ1) is 71.8. The Morgan fingerprint density at radius 3 is 2.20 bits per heavy atom. The topological polar surface area (TPSA) is 234 Å². The van der Waals surface area contributed by atoms with E-state index < -0.39 is 70.8 Å². The maximum Gasteiger partial charge on any atom is 0.325 e. The number of fused-ring (bicyclic) bond motifs is 5. The van der Waals surface area contributed by atoms with Crippen molar-refractivity contribution >= 4 is 110 Å². The fourth-order valence-electron chi connectivity index (χ4n) is 11.5. The minimum atomic E-state index is -1.74. The molecule has 0 aliphatic carbocycles. The van der Waals surface area contributed by atoms with Crippen LogP contribution in [0.2, 0.25) is 0 Å². The molecule has 3 aliphatic rings. The van der Waals surface area contributed by atoms with E-state index in [1.54, 1.807) is 27.7 Å². The molecule has 20 nitrogen and oxygen atoms in total. The van der Waals surface area contributed by atoms with Gasteiger partial charge in [0.05, 0.1) is 34.5 Å². The van der Waals surface area contributed by atoms with Crippen molar-refractivity contribution < 1.29 is 47.8 Å². The highest BCUT2D eigenvalue weighted by Crippen LogP contribution is 2.30. The molecule has 486 valence electrons. The van der Waals surface area contributed by atoms with Crippen molar-refractivity contribution in [2.24, 2.45) is 22.7 Å². The fraction of sp³-hybridized carbons (Fsp3) is 0.561. The lowest BCUT2D eigenvalue weighted by Crippen LogP contribution is -2.61. The first-order valence-electron chi connectivity index (χ1n) is 30.6. The molecular formula is C66H91Cl3N10O10. The van der Waals surface area contributed by atoms with E-state index in [2.05, 4.69) is 78.4 Å². The van der Waals surface area contributed by atoms with Gasteiger partial charge in [0, 0.05) is 43.9 Å². The molecule has 5 heterocycles. The zero-order valence-corrected chi connectivity index (χ0v) is 56.4. The number of benzene rings is 2. The summed E-state index contributed by atoms with van der Waals surface area (Å²) < 4.78 is 14.4. The number of cyclic esters (lactones) is 1. The number of nitrogens with zero attached hydrogens (tertiary/aromatic N) is 6. The number of nitrogens with one attached hydrogen (secondary N) is 4. The van der Waals surface area contributed by atoms with Crippen LogP contribution < -0.4 is 21.5 Å². The lowest BCUT2D eigenvalue weighted by Gasteiger charge is -2.37. The smallest absolute Gasteiger partial charge is 0.325 e. The number of ether oxygens (including phenoxy) is 3. The number of alkyl halides is 3. The third-order valence-corrected chi connectivity index (χ3v) is 16.1. The summed E-state index contributed by atoms with van der Waals surface area (Å²) in [6.07, 6.45) is 9.57. The summed E-state index contributed by atoms with van der Waals surface area (Å²) in [5.41, 5.74) is 10.3. The van der Waals surface area contributed by atoms with Crippen LogP contribution in [0.25, 0.3) is 34.0 Å². The van der Waals surface area contributed by atoms with E-state index in [4.69, 9.17) is 59.0 Å². The first-order chi connectivity index (χ1) is 41.6. The van der Waals surface area contributed by atoms with E-state index in [9.17, 15) is 33.6 Å². The molecule has 7 rings (SSSR count). The highest BCUT2D eigenvalue weighted by Gasteiger charge is 2.38. The number of likely N-dealkylation sites (N-methyl/N-ethyl adjacent to an activating group) is 2. The summed E-state index contributed by atoms with van der Waals surface area (Å²) in [6.45, 7) is 26.3. The number of hydrogen-bond donors (Lipinski definition) is 4. The van der Waals surface area contributed by atoms with Crippen LogP contribution in [0.5, 0.6) is 0 Å². The number of hydrogen-bond acceptors (Lipinski definition) is 16. The minimum Gasteiger partial charge on any atom is -0.460 e. The van der Waals surface area contributed by atoms with E-state index in [0.717, 1.165) is 32.9 Å². The summed E-state index contributed by atoms with van der Waals surface area (Å²) in [6, 6.07) is 15.8. The molecule has 8 atom stereocenters. The van der Waals surface area contributed by atoms with Crippen molar-refractivity contribution in [2.75, 3.05) is 46.9 Å². The zero-order chi connectivity index (χ0) is 65.9. The number of aromatic nitrogens is 2. The largest absolute Gasteiger partial charge is 0.460 e. The van der Waals surface area contributed by atoms with E-state index in [1.807, 2.05) is 107 Å². The average molecular weight is 1290 g/mol. The van der Waals surface area contributed by atoms with Crippen molar-refractivity contribution in [3.63, 3.8) is 0 Å². The number of hydrazine groups is 2. The van der Waals surface area contributed by atoms with Gasteiger partial charge in [0.15, 0.2) is 0 Å². The van der Waals surface area contributed by atoms with Crippen LogP contribution in [0, 0.1) is 22.7 Å². The van der Waals surface area contributed by atoms with Gasteiger partial charge in [-0.1, -0.05) is 151 Å². The maximum absolute atomic E-state index is 13.6. The number of rotatable bonds is 14. The van der Waals surface area contributed by atoms with Crippen LogP contribution in [0.15, 0.2) is 72.8 Å². The second kappa shape index (κ2) is 31.2. The first-order valence-corrected chi connectivity index (χ1v) is 31.7. The van der Waals surface area contributed by atoms with E-state index in [-0.39, 0.29) is 52.3 Å². The van der Waals surface area contributed by atoms with Gasteiger partial charge in [-0.2, -0.15) is 0 Å². The van der Waals surface area contributed by atoms with Crippen molar-refractivity contribution in [1.82, 2.24) is 51.3 Å². The highest BCUT2D eigenvalue weighted by atomic mass is 35.6. The molecule has 5 bridgehead atoms. The highest BCUT2D eigenvalue weighted by molar-refractivity contribution is 6.67. The molecule has 2 aromatic carbocycles. The fourth-order valence-corrected chi connectivity index (χ4v) is 11.7. The van der Waals surface area contributed by atoms with Crippen LogP contribution >= 0.6 is 34.8 Å². The van der Waals surface area contributed by atoms with E-state index >= 15 is 0 Å². The van der Waals surface area contributed by atoms with Gasteiger partial charge >= 0.3 is 17.9 Å². The molecule has 0 saturated carbocycles. The van der Waals surface area contributed by atoms with Crippen molar-refractivity contribution in [3.8, 4) is 0 Å². The lowest BCUT2D eigenvalue weighted by atomic mass is 9.89. The van der Waals surface area contributed by atoms with Gasteiger partial charge in [0.2, 0.25) is 15.6 Å². The second-order valence-electron chi connectivity index (χ2n) is 25.9. The molecule has 0 unspecified atom stereocenters. The minimum absolute atomic E-state index is 0.0312. The summed E-state index contributed by atoms with van der Waals surface area (Å²) in [4.78, 5) is 104. The predicted octanol–water partition coefficient (Wildman–Crippen LogP) is 9.62. The van der Waals surface area contributed by atoms with Gasteiger partial charge in [0.25, 0.3) is 11.8 Å². The van der Waals surface area contributed by atoms with Crippen LogP contribution in [-0.4, -0.2) is 158 Å². The molecule has 0 radical (unpaired) electrons. The van der Waals surface area contributed by atoms with E-state index in [0.29, 0.717) is 63.3 Å². The Labute approximate surface area is 539 Å². The number of amides is 4. The van der Waals surface area contributed by atoms with Gasteiger partial charge < -0.3 is 24.8 Å². The average Bonchev–Trinajstić information content (AvgIpc) is 2.08. The van der Waals surface area contributed by atoms with E-state index in [1.165, 1.54) is 16.9 Å². The standard InChI is InChI=1S/C35H48Cl3N5O6.C31H43N5O4/c1-21(2)30(31(45)39-22(3)32(46)43-17-9-10-28(41-43)33(47)48-20-35(36,37)38)42(8)19-34(6,7)16-15-25-11-12-26-13-14-27(40-29(26)18-25)23(4)49-24(5)44;1-19(2)27-28(37)32-20(3)29(38)36-16-8-9-25(34-36)30(39)40-21(4)24-13-12-23-11-10-22(17-26(23)33-24)14-15-31(5,6)18-35(27)7/h11-16,18,21-23,28,30,41H,9-10,17,19-20H2,1-8H3,(H,39,45);10-15,17,19-21,25,27,34H,8-9,16,18H2,1-7H3,(H,32,37)/b16-15+;15-14+/t22-,23+,28-,30-;20-,21+,25-,27-/m00/s1. The third-order valence-electron chi connectivity index (χ3n) is 15.8. The lowest BCUT2D eigenvalue weighted by molar-refractivity contribution is -0.157. The molecule has 4 amide bonds. The van der Waals surface area contributed by atoms with Crippen molar-refractivity contribution in [3.05, 3.63) is 95.3 Å². The molecule has 3 aliphatic heterocycles. The van der Waals surface area contributed by atoms with Gasteiger partial charge in [-0.3, -0.25) is 53.4 Å². The van der Waals surface area contributed by atoms with Gasteiger partial charge in [-0.25, -0.2) is 20.8 Å². The number of pyridine rings is 2. The molecule has 89 heavy (non-hydrogen) atoms. The van der Waals surface area contributed by atoms with Gasteiger partial charge in [-0.15, -0.1) is 0 Å². The Morgan fingerprint density at radius 2 is 1.54 bits per heavy atom. The molecule has 2 aromatic heterocycles.